The number of nitrogens with two attached hydrogens (primary N) is 1. The predicted octanol–water partition coefficient (Wildman–Crippen LogP) is -0.929. The van der Waals surface area contributed by atoms with Crippen LogP contribution in [-0.2, 0) is 20.7 Å². The number of hydrogen-bond acceptors (Lipinski definition) is 8. The van der Waals surface area contributed by atoms with E-state index in [1.54, 1.807) is 6.92 Å². The van der Waals surface area contributed by atoms with Crippen LogP contribution >= 0.6 is 12.6 Å². The average Bonchev–Trinajstić information content (AvgIpc) is 3.07. The second-order valence-electron chi connectivity index (χ2n) is 5.47. The number of aliphatic hydroxyl groups is 2. The van der Waals surface area contributed by atoms with Crippen molar-refractivity contribution in [1.82, 2.24) is 9.97 Å². The van der Waals surface area contributed by atoms with Crippen LogP contribution < -0.4 is 5.73 Å². The van der Waals surface area contributed by atoms with Crippen molar-refractivity contribution >= 4 is 24.4 Å². The van der Waals surface area contributed by atoms with Gasteiger partial charge < -0.3 is 25.7 Å². The van der Waals surface area contributed by atoms with E-state index in [4.69, 9.17) is 10.5 Å². The number of Topliss-reactive ketones (excluding diaryl/α,β-unsaturated/α-hetero) is 1. The third-order valence-electron chi connectivity index (χ3n) is 3.79. The smallest absolute Gasteiger partial charge is 0.326 e. The zero-order valence-corrected chi connectivity index (χ0v) is 13.8. The molecule has 0 spiro atoms. The first-order chi connectivity index (χ1) is 10.9. The number of ether oxygens (including phenoxy) is 1. The summed E-state index contributed by atoms with van der Waals surface area (Å²) in [5.41, 5.74) is 5.52. The van der Waals surface area contributed by atoms with E-state index < -0.39 is 28.5 Å². The molecule has 1 rings (SSSR count). The summed E-state index contributed by atoms with van der Waals surface area (Å²) in [4.78, 5) is 30.7. The average molecular weight is 345 g/mol. The molecule has 0 aromatic carbocycles. The molecule has 8 nitrogen and oxygen atoms in total. The Morgan fingerprint density at radius 1 is 1.48 bits per heavy atom. The molecule has 0 amide bonds. The van der Waals surface area contributed by atoms with Gasteiger partial charge in [-0.2, -0.15) is 12.6 Å². The Morgan fingerprint density at radius 2 is 2.13 bits per heavy atom. The number of aromatic nitrogens is 2. The first-order valence-electron chi connectivity index (χ1n) is 7.22. The number of nitrogens with one attached hydrogen (secondary N) is 1. The minimum Gasteiger partial charge on any atom is -0.464 e. The van der Waals surface area contributed by atoms with Crippen LogP contribution in [-0.4, -0.2) is 63.0 Å². The summed E-state index contributed by atoms with van der Waals surface area (Å²) in [6.07, 6.45) is 3.62. The number of aromatic amines is 1. The Hall–Kier alpha value is -1.42. The van der Waals surface area contributed by atoms with Crippen LogP contribution in [0.2, 0.25) is 0 Å². The number of imidazole rings is 1. The van der Waals surface area contributed by atoms with Gasteiger partial charge in [-0.15, -0.1) is 0 Å². The van der Waals surface area contributed by atoms with Gasteiger partial charge >= 0.3 is 5.97 Å². The lowest BCUT2D eigenvalue weighted by Crippen LogP contribution is -2.43. The molecule has 5 N–H and O–H groups in total. The van der Waals surface area contributed by atoms with Gasteiger partial charge in [0, 0.05) is 18.3 Å². The molecule has 0 saturated heterocycles. The van der Waals surface area contributed by atoms with Crippen LogP contribution in [0.25, 0.3) is 0 Å². The summed E-state index contributed by atoms with van der Waals surface area (Å²) >= 11 is 3.97. The Bertz CT molecular complexity index is 496. The molecule has 0 fully saturated rings. The largest absolute Gasteiger partial charge is 0.464 e. The summed E-state index contributed by atoms with van der Waals surface area (Å²) in [5, 5.41) is 17.3. The molecule has 1 unspecified atom stereocenters. The lowest BCUT2D eigenvalue weighted by Gasteiger charge is -2.28. The zero-order valence-electron chi connectivity index (χ0n) is 12.9. The molecule has 0 aliphatic carbocycles. The van der Waals surface area contributed by atoms with Crippen molar-refractivity contribution in [2.75, 3.05) is 19.8 Å². The van der Waals surface area contributed by atoms with Crippen molar-refractivity contribution in [3.8, 4) is 0 Å². The molecule has 1 heterocycles. The molecule has 1 aromatic heterocycles. The van der Waals surface area contributed by atoms with Gasteiger partial charge in [0.1, 0.15) is 6.61 Å². The van der Waals surface area contributed by atoms with Crippen molar-refractivity contribution in [2.24, 2.45) is 11.1 Å². The maximum absolute atomic E-state index is 12.1. The fraction of sp³-hybridized carbons (Fsp3) is 0.643. The number of nitrogens with zero attached hydrogens (tertiary/aromatic N) is 1. The number of carbonyl (C=O) groups is 2. The van der Waals surface area contributed by atoms with Crippen LogP contribution in [0.1, 0.15) is 19.0 Å². The molecular weight excluding hydrogens is 322 g/mol. The first kappa shape index (κ1) is 19.6. The van der Waals surface area contributed by atoms with E-state index in [2.05, 4.69) is 22.6 Å². The Kier molecular flexibility index (Phi) is 7.69. The lowest BCUT2D eigenvalue weighted by atomic mass is 9.88. The molecular formula is C14H23N3O5S. The number of rotatable bonds is 10. The normalized spacial score (nSPS) is 14.3. The predicted molar refractivity (Wildman–Crippen MR) is 85.9 cm³/mol. The van der Waals surface area contributed by atoms with E-state index in [0.717, 1.165) is 0 Å². The van der Waals surface area contributed by atoms with Gasteiger partial charge in [-0.3, -0.25) is 9.59 Å². The highest BCUT2D eigenvalue weighted by atomic mass is 32.1. The second kappa shape index (κ2) is 9.02. The van der Waals surface area contributed by atoms with Crippen molar-refractivity contribution in [3.63, 3.8) is 0 Å². The van der Waals surface area contributed by atoms with Crippen LogP contribution in [0.3, 0.4) is 0 Å². The van der Waals surface area contributed by atoms with E-state index in [0.29, 0.717) is 12.1 Å². The van der Waals surface area contributed by atoms with Gasteiger partial charge in [-0.1, -0.05) is 6.92 Å². The molecule has 0 aliphatic heterocycles. The summed E-state index contributed by atoms with van der Waals surface area (Å²) < 4.78 is 5.02. The Morgan fingerprint density at radius 3 is 2.61 bits per heavy atom. The second-order valence-corrected chi connectivity index (χ2v) is 5.99. The molecule has 0 radical (unpaired) electrons. The number of hydrogen-bond donors (Lipinski definition) is 5. The Balaban J connectivity index is 2.56. The number of thiol groups is 1. The number of aliphatic hydroxyl groups excluding tert-OH is 2. The molecule has 0 aliphatic rings. The zero-order chi connectivity index (χ0) is 17.5. The van der Waals surface area contributed by atoms with Crippen LogP contribution in [0.15, 0.2) is 12.5 Å². The quantitative estimate of drug-likeness (QED) is 0.210. The molecule has 9 heteroatoms. The number of H-pyrrole nitrogens is 1. The lowest BCUT2D eigenvalue weighted by molar-refractivity contribution is -0.150. The minimum atomic E-state index is -1.32. The van der Waals surface area contributed by atoms with Crippen molar-refractivity contribution in [3.05, 3.63) is 18.2 Å². The summed E-state index contributed by atoms with van der Waals surface area (Å²) in [6.45, 7) is 0.884. The molecule has 1 aromatic rings. The van der Waals surface area contributed by atoms with E-state index in [1.165, 1.54) is 12.5 Å². The van der Waals surface area contributed by atoms with Gasteiger partial charge in [0.05, 0.1) is 31.0 Å². The maximum atomic E-state index is 12.1. The van der Waals surface area contributed by atoms with E-state index >= 15 is 0 Å². The molecule has 23 heavy (non-hydrogen) atoms. The SMILES string of the molecule is CCC(CO)(CO)COC(=O)C(S)C(=O)[C@@H](N)Cc1cnc[nH]1. The van der Waals surface area contributed by atoms with Gasteiger partial charge in [-0.25, -0.2) is 4.98 Å². The third kappa shape index (κ3) is 5.31. The molecule has 0 bridgehead atoms. The van der Waals surface area contributed by atoms with Crippen molar-refractivity contribution < 1.29 is 24.5 Å². The molecule has 2 atom stereocenters. The van der Waals surface area contributed by atoms with Crippen LogP contribution in [0.4, 0.5) is 0 Å². The maximum Gasteiger partial charge on any atom is 0.326 e. The van der Waals surface area contributed by atoms with E-state index in [9.17, 15) is 19.8 Å². The van der Waals surface area contributed by atoms with E-state index in [-0.39, 0.29) is 26.2 Å². The topological polar surface area (TPSA) is 139 Å². The van der Waals surface area contributed by atoms with Crippen LogP contribution in [0.5, 0.6) is 0 Å². The highest BCUT2D eigenvalue weighted by Crippen LogP contribution is 2.21. The van der Waals surface area contributed by atoms with E-state index in [1.807, 2.05) is 0 Å². The summed E-state index contributed by atoms with van der Waals surface area (Å²) in [6, 6.07) is -0.919. The standard InChI is InChI=1S/C14H23N3O5S/c1-2-14(5-18,6-19)7-22-13(21)12(23)11(20)10(15)3-9-4-16-8-17-9/h4,8,10,12,18-19,23H,2-3,5-7,15H2,1H3,(H,16,17)/t10-,12?/m0/s1. The first-order valence-corrected chi connectivity index (χ1v) is 7.73. The fourth-order valence-corrected chi connectivity index (χ4v) is 2.09. The van der Waals surface area contributed by atoms with Gasteiger partial charge in [0.25, 0.3) is 0 Å². The summed E-state index contributed by atoms with van der Waals surface area (Å²) in [5.74, 6) is -1.42. The molecule has 130 valence electrons. The number of ketones is 1. The van der Waals surface area contributed by atoms with Gasteiger partial charge in [0.15, 0.2) is 11.0 Å². The van der Waals surface area contributed by atoms with Crippen molar-refractivity contribution in [1.29, 1.82) is 0 Å². The van der Waals surface area contributed by atoms with Gasteiger partial charge in [0.2, 0.25) is 0 Å². The fourth-order valence-electron chi connectivity index (χ4n) is 1.82. The number of esters is 1. The highest BCUT2D eigenvalue weighted by molar-refractivity contribution is 7.82. The molecule has 0 saturated carbocycles. The number of carbonyl (C=O) groups excluding carboxylic acids is 2. The monoisotopic (exact) mass is 345 g/mol. The van der Waals surface area contributed by atoms with Crippen molar-refractivity contribution in [2.45, 2.75) is 31.1 Å². The minimum absolute atomic E-state index is 0.199. The van der Waals surface area contributed by atoms with Gasteiger partial charge in [-0.05, 0) is 6.42 Å². The highest BCUT2D eigenvalue weighted by Gasteiger charge is 2.33. The third-order valence-corrected chi connectivity index (χ3v) is 4.26. The Labute approximate surface area is 139 Å². The summed E-state index contributed by atoms with van der Waals surface area (Å²) in [7, 11) is 0. The van der Waals surface area contributed by atoms with Crippen LogP contribution in [0, 0.1) is 5.41 Å².